The minimum Gasteiger partial charge on any atom is -0.458 e. The Morgan fingerprint density at radius 2 is 1.02 bits per heavy atom. The van der Waals surface area contributed by atoms with Crippen LogP contribution in [0.25, 0.3) is 27.5 Å². The Hall–Kier alpha value is -6.20. The zero-order valence-electron chi connectivity index (χ0n) is 25.4. The molecular formula is C42H27BN2O2. The standard InChI is InChI=1S/C42H27BN2O2/c1-4-13-28(14-5-1)44(29-15-6-2-7-16-29)31-23-24-32-33-26-41-35(27-37(33)45(36(32)25-31)30-17-8-3-9-18-30)43-34-19-10-11-20-38(34)46-39-21-12-22-40(47-41)42(39)43/h1-27H. The van der Waals surface area contributed by atoms with Crippen molar-refractivity contribution in [3.05, 3.63) is 164 Å². The lowest BCUT2D eigenvalue weighted by Gasteiger charge is -2.32. The number of hydrogen-bond acceptors (Lipinski definition) is 3. The minimum atomic E-state index is 0.00347. The van der Waals surface area contributed by atoms with E-state index in [-0.39, 0.29) is 6.71 Å². The number of rotatable bonds is 4. The molecule has 0 N–H and O–H groups in total. The molecule has 3 heterocycles. The molecule has 220 valence electrons. The van der Waals surface area contributed by atoms with Crippen molar-refractivity contribution in [3.8, 4) is 28.7 Å². The van der Waals surface area contributed by atoms with Gasteiger partial charge in [-0.15, -0.1) is 0 Å². The van der Waals surface area contributed by atoms with Gasteiger partial charge in [0.2, 0.25) is 0 Å². The number of benzene rings is 7. The second kappa shape index (κ2) is 10.2. The van der Waals surface area contributed by atoms with Gasteiger partial charge in [-0.25, -0.2) is 0 Å². The number of fused-ring (bicyclic) bond motifs is 7. The molecule has 5 heteroatoms. The Morgan fingerprint density at radius 3 is 1.74 bits per heavy atom. The fraction of sp³-hybridized carbons (Fsp3) is 0. The van der Waals surface area contributed by atoms with Crippen molar-refractivity contribution in [2.75, 3.05) is 4.90 Å². The number of aromatic nitrogens is 1. The van der Waals surface area contributed by atoms with Crippen molar-refractivity contribution < 1.29 is 9.47 Å². The number of nitrogens with zero attached hydrogens (tertiary/aromatic N) is 2. The van der Waals surface area contributed by atoms with Crippen LogP contribution in [0.3, 0.4) is 0 Å². The molecule has 1 aromatic heterocycles. The quantitative estimate of drug-likeness (QED) is 0.188. The lowest BCUT2D eigenvalue weighted by Crippen LogP contribution is -2.57. The van der Waals surface area contributed by atoms with E-state index in [1.54, 1.807) is 0 Å². The molecule has 0 amide bonds. The third-order valence-corrected chi connectivity index (χ3v) is 9.48. The Morgan fingerprint density at radius 1 is 0.426 bits per heavy atom. The van der Waals surface area contributed by atoms with Gasteiger partial charge < -0.3 is 18.9 Å². The van der Waals surface area contributed by atoms with Crippen LogP contribution in [0.4, 0.5) is 17.1 Å². The van der Waals surface area contributed by atoms with Gasteiger partial charge in [0.05, 0.1) is 11.0 Å². The molecule has 0 saturated heterocycles. The average Bonchev–Trinajstić information content (AvgIpc) is 3.44. The van der Waals surface area contributed by atoms with E-state index in [2.05, 4.69) is 155 Å². The minimum absolute atomic E-state index is 0.00347. The summed E-state index contributed by atoms with van der Waals surface area (Å²) in [4.78, 5) is 2.32. The largest absolute Gasteiger partial charge is 0.458 e. The van der Waals surface area contributed by atoms with E-state index in [1.807, 2.05) is 18.2 Å². The maximum atomic E-state index is 6.69. The van der Waals surface area contributed by atoms with Crippen molar-refractivity contribution in [3.63, 3.8) is 0 Å². The van der Waals surface area contributed by atoms with E-state index in [0.29, 0.717) is 0 Å². The van der Waals surface area contributed by atoms with Gasteiger partial charge in [0, 0.05) is 39.0 Å². The third kappa shape index (κ3) is 3.96. The first-order valence-corrected chi connectivity index (χ1v) is 16.0. The number of para-hydroxylation sites is 4. The Bertz CT molecular complexity index is 2440. The van der Waals surface area contributed by atoms with Gasteiger partial charge in [-0.3, -0.25) is 0 Å². The average molecular weight is 603 g/mol. The van der Waals surface area contributed by atoms with Crippen LogP contribution in [0.15, 0.2) is 164 Å². The number of hydrogen-bond donors (Lipinski definition) is 0. The van der Waals surface area contributed by atoms with Gasteiger partial charge in [-0.2, -0.15) is 0 Å². The summed E-state index contributed by atoms with van der Waals surface area (Å²) in [6.07, 6.45) is 0. The van der Waals surface area contributed by atoms with Crippen LogP contribution < -0.4 is 30.8 Å². The smallest absolute Gasteiger partial charge is 0.260 e. The molecule has 0 unspecified atom stereocenters. The van der Waals surface area contributed by atoms with E-state index in [0.717, 1.165) is 78.6 Å². The maximum absolute atomic E-state index is 6.69. The Labute approximate surface area is 272 Å². The molecule has 47 heavy (non-hydrogen) atoms. The van der Waals surface area contributed by atoms with E-state index in [4.69, 9.17) is 9.47 Å². The van der Waals surface area contributed by atoms with Gasteiger partial charge in [-0.1, -0.05) is 84.9 Å². The fourth-order valence-corrected chi connectivity index (χ4v) is 7.47. The van der Waals surface area contributed by atoms with Gasteiger partial charge in [0.1, 0.15) is 23.0 Å². The molecule has 10 rings (SSSR count). The normalized spacial score (nSPS) is 12.6. The van der Waals surface area contributed by atoms with Crippen molar-refractivity contribution in [1.82, 2.24) is 4.57 Å². The van der Waals surface area contributed by atoms with Crippen molar-refractivity contribution in [1.29, 1.82) is 0 Å². The highest BCUT2D eigenvalue weighted by molar-refractivity contribution is 6.98. The molecule has 7 aromatic carbocycles. The summed E-state index contributed by atoms with van der Waals surface area (Å²) in [5.41, 5.74) is 10.1. The van der Waals surface area contributed by atoms with Crippen LogP contribution in [0.2, 0.25) is 0 Å². The number of anilines is 3. The van der Waals surface area contributed by atoms with E-state index >= 15 is 0 Å². The van der Waals surface area contributed by atoms with Crippen LogP contribution in [0.1, 0.15) is 0 Å². The highest BCUT2D eigenvalue weighted by Gasteiger charge is 2.40. The molecule has 8 aromatic rings. The van der Waals surface area contributed by atoms with Crippen LogP contribution in [-0.4, -0.2) is 11.3 Å². The third-order valence-electron chi connectivity index (χ3n) is 9.48. The lowest BCUT2D eigenvalue weighted by molar-refractivity contribution is 0.465. The summed E-state index contributed by atoms with van der Waals surface area (Å²) in [5.74, 6) is 3.48. The molecule has 0 radical (unpaired) electrons. The summed E-state index contributed by atoms with van der Waals surface area (Å²) in [7, 11) is 0. The predicted molar refractivity (Wildman–Crippen MR) is 193 cm³/mol. The number of ether oxygens (including phenoxy) is 2. The molecule has 0 aliphatic carbocycles. The van der Waals surface area contributed by atoms with Crippen molar-refractivity contribution >= 4 is 62.0 Å². The summed E-state index contributed by atoms with van der Waals surface area (Å²) >= 11 is 0. The molecule has 0 atom stereocenters. The molecule has 0 bridgehead atoms. The second-order valence-corrected chi connectivity index (χ2v) is 12.1. The highest BCUT2D eigenvalue weighted by atomic mass is 16.5. The summed E-state index contributed by atoms with van der Waals surface area (Å²) < 4.78 is 15.5. The van der Waals surface area contributed by atoms with E-state index < -0.39 is 0 Å². The molecular weight excluding hydrogens is 575 g/mol. The van der Waals surface area contributed by atoms with Gasteiger partial charge >= 0.3 is 0 Å². The zero-order valence-corrected chi connectivity index (χ0v) is 25.4. The molecule has 0 fully saturated rings. The van der Waals surface area contributed by atoms with E-state index in [1.165, 1.54) is 5.39 Å². The van der Waals surface area contributed by atoms with E-state index in [9.17, 15) is 0 Å². The Kier molecular flexibility index (Phi) is 5.63. The van der Waals surface area contributed by atoms with Crippen LogP contribution >= 0.6 is 0 Å². The predicted octanol–water partition coefficient (Wildman–Crippen LogP) is 8.98. The molecule has 0 spiro atoms. The van der Waals surface area contributed by atoms with Gasteiger partial charge in [0.25, 0.3) is 6.71 Å². The zero-order chi connectivity index (χ0) is 30.9. The first-order chi connectivity index (χ1) is 23.3. The highest BCUT2D eigenvalue weighted by Crippen LogP contribution is 2.42. The lowest BCUT2D eigenvalue weighted by atomic mass is 9.35. The first kappa shape index (κ1) is 26.1. The van der Waals surface area contributed by atoms with Crippen LogP contribution in [0, 0.1) is 0 Å². The van der Waals surface area contributed by atoms with Gasteiger partial charge in [-0.05, 0) is 89.8 Å². The monoisotopic (exact) mass is 602 g/mol. The topological polar surface area (TPSA) is 26.6 Å². The molecule has 4 nitrogen and oxygen atoms in total. The summed E-state index contributed by atoms with van der Waals surface area (Å²) in [6, 6.07) is 57.7. The SMILES string of the molecule is c1ccc(N(c2ccccc2)c2ccc3c4cc5c(cc4n(-c4ccccc4)c3c2)B2c3ccccc3Oc3cccc(c32)O5)cc1. The van der Waals surface area contributed by atoms with Crippen molar-refractivity contribution in [2.24, 2.45) is 0 Å². The van der Waals surface area contributed by atoms with Crippen LogP contribution in [0.5, 0.6) is 23.0 Å². The fourth-order valence-electron chi connectivity index (χ4n) is 7.47. The molecule has 0 saturated carbocycles. The summed E-state index contributed by atoms with van der Waals surface area (Å²) in [6.45, 7) is 0.00347. The summed E-state index contributed by atoms with van der Waals surface area (Å²) in [5, 5.41) is 2.33. The molecule has 2 aliphatic heterocycles. The first-order valence-electron chi connectivity index (χ1n) is 16.0. The second-order valence-electron chi connectivity index (χ2n) is 12.1. The molecule has 2 aliphatic rings. The van der Waals surface area contributed by atoms with Crippen molar-refractivity contribution in [2.45, 2.75) is 0 Å². The Balaban J connectivity index is 1.25. The van der Waals surface area contributed by atoms with Crippen LogP contribution in [-0.2, 0) is 0 Å². The maximum Gasteiger partial charge on any atom is 0.260 e. The van der Waals surface area contributed by atoms with Gasteiger partial charge in [0.15, 0.2) is 0 Å².